The number of carbonyl (C=O) groups excluding carboxylic acids is 2. The predicted molar refractivity (Wildman–Crippen MR) is 108 cm³/mol. The topological polar surface area (TPSA) is 90.6 Å². The van der Waals surface area contributed by atoms with Gasteiger partial charge in [-0.3, -0.25) is 14.3 Å². The van der Waals surface area contributed by atoms with Gasteiger partial charge < -0.3 is 0 Å². The highest BCUT2D eigenvalue weighted by Gasteiger charge is 2.32. The number of alkyl halides is 3. The van der Waals surface area contributed by atoms with Crippen LogP contribution in [-0.2, 0) is 30.4 Å². The van der Waals surface area contributed by atoms with Crippen LogP contribution in [0.4, 0.5) is 13.2 Å². The van der Waals surface area contributed by atoms with E-state index < -0.39 is 17.7 Å². The summed E-state index contributed by atoms with van der Waals surface area (Å²) in [5.74, 6) is -0.583. The van der Waals surface area contributed by atoms with E-state index in [1.165, 1.54) is 23.1 Å². The molecule has 0 unspecified atom stereocenters. The Hall–Kier alpha value is -3.95. The first-order valence-corrected chi connectivity index (χ1v) is 9.59. The number of benzene rings is 1. The molecule has 32 heavy (non-hydrogen) atoms. The molecule has 4 aromatic rings. The molecule has 10 heteroatoms. The highest BCUT2D eigenvalue weighted by atomic mass is 19.4. The molecule has 0 bridgehead atoms. The summed E-state index contributed by atoms with van der Waals surface area (Å²) in [7, 11) is 0. The maximum atomic E-state index is 12.8. The van der Waals surface area contributed by atoms with Gasteiger partial charge in [0.15, 0.2) is 11.6 Å². The van der Waals surface area contributed by atoms with E-state index >= 15 is 0 Å². The number of ketones is 2. The Morgan fingerprint density at radius 1 is 0.969 bits per heavy atom. The van der Waals surface area contributed by atoms with Crippen molar-refractivity contribution in [3.63, 3.8) is 0 Å². The summed E-state index contributed by atoms with van der Waals surface area (Å²) in [5, 5.41) is 12.5. The van der Waals surface area contributed by atoms with E-state index in [2.05, 4.69) is 20.3 Å². The molecule has 3 aromatic heterocycles. The summed E-state index contributed by atoms with van der Waals surface area (Å²) < 4.78 is 40.0. The zero-order valence-corrected chi connectivity index (χ0v) is 16.6. The van der Waals surface area contributed by atoms with Crippen LogP contribution in [0.25, 0.3) is 10.9 Å². The lowest BCUT2D eigenvalue weighted by molar-refractivity contribution is -0.141. The average Bonchev–Trinajstić information content (AvgIpc) is 3.15. The number of pyridine rings is 1. The molecular weight excluding hydrogens is 423 g/mol. The second-order valence-corrected chi connectivity index (χ2v) is 7.19. The molecule has 3 heterocycles. The van der Waals surface area contributed by atoms with Crippen LogP contribution >= 0.6 is 0 Å². The van der Waals surface area contributed by atoms with Crippen molar-refractivity contribution in [2.24, 2.45) is 0 Å². The van der Waals surface area contributed by atoms with E-state index in [1.807, 2.05) is 0 Å². The third kappa shape index (κ3) is 5.02. The second-order valence-electron chi connectivity index (χ2n) is 7.19. The van der Waals surface area contributed by atoms with Crippen molar-refractivity contribution in [3.05, 3.63) is 83.6 Å². The molecule has 0 amide bonds. The van der Waals surface area contributed by atoms with Crippen LogP contribution < -0.4 is 0 Å². The number of halogens is 3. The van der Waals surface area contributed by atoms with Crippen LogP contribution in [0.15, 0.2) is 61.1 Å². The minimum absolute atomic E-state index is 0.0585. The fourth-order valence-electron chi connectivity index (χ4n) is 3.23. The monoisotopic (exact) mass is 439 g/mol. The number of nitrogens with zero attached hydrogens (tertiary/aromatic N) is 5. The number of rotatable bonds is 7. The van der Waals surface area contributed by atoms with Gasteiger partial charge in [0.1, 0.15) is 11.4 Å². The number of Topliss-reactive ketones (excluding diaryl/α,β-unsaturated/α-hetero) is 2. The Bertz CT molecular complexity index is 1290. The first kappa shape index (κ1) is 21.3. The molecule has 0 saturated heterocycles. The Balaban J connectivity index is 1.46. The summed E-state index contributed by atoms with van der Waals surface area (Å²) >= 11 is 0. The largest absolute Gasteiger partial charge is 0.433 e. The quantitative estimate of drug-likeness (QED) is 0.410. The molecule has 0 aliphatic heterocycles. The van der Waals surface area contributed by atoms with Crippen molar-refractivity contribution in [3.8, 4) is 0 Å². The molecule has 0 spiro atoms. The third-order valence-electron chi connectivity index (χ3n) is 4.69. The minimum atomic E-state index is -4.62. The molecule has 0 aliphatic rings. The van der Waals surface area contributed by atoms with Crippen LogP contribution in [0, 0.1) is 0 Å². The molecule has 0 N–H and O–H groups in total. The predicted octanol–water partition coefficient (Wildman–Crippen LogP) is 3.48. The summed E-state index contributed by atoms with van der Waals surface area (Å²) in [6.07, 6.45) is 0.213. The Labute approximate surface area is 179 Å². The lowest BCUT2D eigenvalue weighted by Crippen LogP contribution is -2.13. The molecule has 162 valence electrons. The van der Waals surface area contributed by atoms with Gasteiger partial charge in [0.2, 0.25) is 0 Å². The van der Waals surface area contributed by atoms with E-state index in [-0.39, 0.29) is 30.9 Å². The average molecular weight is 439 g/mol. The minimum Gasteiger partial charge on any atom is -0.297 e. The molecule has 1 aromatic carbocycles. The van der Waals surface area contributed by atoms with Gasteiger partial charge in [0, 0.05) is 30.6 Å². The van der Waals surface area contributed by atoms with Gasteiger partial charge in [-0.1, -0.05) is 12.1 Å². The standard InChI is InChI=1S/C22H16F3N5O2/c23-22(24,25)21-3-1-2-19(28-21)20(32)10-14-4-5-18-16(8-14)12-30(29-18)13-17(31)9-15-6-7-26-27-11-15/h1-8,11-12H,9-10,13H2. The normalized spacial score (nSPS) is 11.6. The van der Waals surface area contributed by atoms with Crippen molar-refractivity contribution in [1.82, 2.24) is 25.0 Å². The first-order chi connectivity index (χ1) is 15.3. The molecule has 4 rings (SSSR count). The lowest BCUT2D eigenvalue weighted by atomic mass is 10.0. The number of carbonyl (C=O) groups is 2. The molecular formula is C22H16F3N5O2. The number of hydrogen-bond donors (Lipinski definition) is 0. The van der Waals surface area contributed by atoms with E-state index in [0.717, 1.165) is 17.7 Å². The Kier molecular flexibility index (Phi) is 5.76. The zero-order chi connectivity index (χ0) is 22.7. The molecule has 0 aliphatic carbocycles. The summed E-state index contributed by atoms with van der Waals surface area (Å²) in [6, 6.07) is 10.1. The van der Waals surface area contributed by atoms with Crippen molar-refractivity contribution in [1.29, 1.82) is 0 Å². The van der Waals surface area contributed by atoms with Crippen molar-refractivity contribution in [2.45, 2.75) is 25.6 Å². The highest BCUT2D eigenvalue weighted by Crippen LogP contribution is 2.27. The maximum Gasteiger partial charge on any atom is 0.433 e. The van der Waals surface area contributed by atoms with E-state index in [9.17, 15) is 22.8 Å². The maximum absolute atomic E-state index is 12.8. The van der Waals surface area contributed by atoms with Crippen LogP contribution in [0.1, 0.15) is 27.3 Å². The van der Waals surface area contributed by atoms with Crippen molar-refractivity contribution in [2.75, 3.05) is 0 Å². The Morgan fingerprint density at radius 3 is 2.56 bits per heavy atom. The molecule has 0 fully saturated rings. The van der Waals surface area contributed by atoms with Crippen LogP contribution in [0.5, 0.6) is 0 Å². The van der Waals surface area contributed by atoms with Gasteiger partial charge >= 0.3 is 6.18 Å². The van der Waals surface area contributed by atoms with Gasteiger partial charge in [-0.15, -0.1) is 0 Å². The van der Waals surface area contributed by atoms with E-state index in [4.69, 9.17) is 0 Å². The zero-order valence-electron chi connectivity index (χ0n) is 16.6. The van der Waals surface area contributed by atoms with Crippen LogP contribution in [0.3, 0.4) is 0 Å². The summed E-state index contributed by atoms with van der Waals surface area (Å²) in [6.45, 7) is 0.0689. The van der Waals surface area contributed by atoms with Gasteiger partial charge in [0.05, 0.1) is 18.3 Å². The number of aromatic nitrogens is 5. The second kappa shape index (κ2) is 8.66. The van der Waals surface area contributed by atoms with Crippen molar-refractivity contribution < 1.29 is 22.8 Å². The first-order valence-electron chi connectivity index (χ1n) is 9.59. The van der Waals surface area contributed by atoms with Crippen LogP contribution in [-0.4, -0.2) is 36.5 Å². The molecule has 0 atom stereocenters. The number of hydrogen-bond acceptors (Lipinski definition) is 6. The van der Waals surface area contributed by atoms with Gasteiger partial charge in [-0.05, 0) is 41.5 Å². The lowest BCUT2D eigenvalue weighted by Gasteiger charge is -2.07. The SMILES string of the molecule is O=C(Cc1ccnnc1)Cn1cc2cc(CC(=O)c3cccc(C(F)(F)F)n3)ccc2n1. The highest BCUT2D eigenvalue weighted by molar-refractivity contribution is 5.96. The third-order valence-corrected chi connectivity index (χ3v) is 4.69. The fourth-order valence-corrected chi connectivity index (χ4v) is 3.23. The molecule has 0 saturated carbocycles. The van der Waals surface area contributed by atoms with E-state index in [0.29, 0.717) is 16.5 Å². The number of fused-ring (bicyclic) bond motifs is 1. The smallest absolute Gasteiger partial charge is 0.297 e. The van der Waals surface area contributed by atoms with Crippen molar-refractivity contribution >= 4 is 22.5 Å². The molecule has 7 nitrogen and oxygen atoms in total. The van der Waals surface area contributed by atoms with Gasteiger partial charge in [-0.25, -0.2) is 4.98 Å². The van der Waals surface area contributed by atoms with Crippen LogP contribution in [0.2, 0.25) is 0 Å². The summed E-state index contributed by atoms with van der Waals surface area (Å²) in [5.41, 5.74) is 0.650. The summed E-state index contributed by atoms with van der Waals surface area (Å²) in [4.78, 5) is 28.2. The fraction of sp³-hybridized carbons (Fsp3) is 0.182. The van der Waals surface area contributed by atoms with Gasteiger partial charge in [0.25, 0.3) is 0 Å². The van der Waals surface area contributed by atoms with Gasteiger partial charge in [-0.2, -0.15) is 28.5 Å². The molecule has 0 radical (unpaired) electrons. The Morgan fingerprint density at radius 2 is 1.81 bits per heavy atom. The van der Waals surface area contributed by atoms with E-state index in [1.54, 1.807) is 30.5 Å².